The van der Waals surface area contributed by atoms with Gasteiger partial charge in [0.1, 0.15) is 17.7 Å². The molecule has 2 atom stereocenters. The van der Waals surface area contributed by atoms with E-state index in [0.717, 1.165) is 10.8 Å². The first-order valence-corrected chi connectivity index (χ1v) is 16.0. The summed E-state index contributed by atoms with van der Waals surface area (Å²) >= 11 is 0. The predicted molar refractivity (Wildman–Crippen MR) is 173 cm³/mol. The number of likely N-dealkylation sites (tertiary alicyclic amines) is 1. The average Bonchev–Trinajstić information content (AvgIpc) is 2.96. The Hall–Kier alpha value is -4.06. The van der Waals surface area contributed by atoms with Crippen LogP contribution in [0.2, 0.25) is 0 Å². The zero-order valence-electron chi connectivity index (χ0n) is 28.0. The molecule has 260 valence electrons. The summed E-state index contributed by atoms with van der Waals surface area (Å²) in [6.07, 6.45) is -3.47. The summed E-state index contributed by atoms with van der Waals surface area (Å²) in [5, 5.41) is 12.4. The predicted octanol–water partition coefficient (Wildman–Crippen LogP) is 7.47. The number of carboxylic acid groups (broad SMARTS) is 1. The van der Waals surface area contributed by atoms with Crippen molar-refractivity contribution in [3.05, 3.63) is 91.9 Å². The van der Waals surface area contributed by atoms with Crippen LogP contribution in [0.5, 0.6) is 0 Å². The molecule has 0 radical (unpaired) electrons. The number of carbonyl (C=O) groups is 2. The van der Waals surface area contributed by atoms with E-state index in [0.29, 0.717) is 54.3 Å². The molecule has 7 nitrogen and oxygen atoms in total. The Balaban J connectivity index is 1.81. The zero-order valence-corrected chi connectivity index (χ0v) is 28.0. The number of aryl methyl sites for hydroxylation is 3. The van der Waals surface area contributed by atoms with Gasteiger partial charge in [-0.2, -0.15) is 13.2 Å². The van der Waals surface area contributed by atoms with Gasteiger partial charge >= 0.3 is 12.1 Å². The lowest BCUT2D eigenvalue weighted by molar-refractivity contribution is -0.139. The molecule has 1 aliphatic heterocycles. The highest BCUT2D eigenvalue weighted by Gasteiger charge is 2.38. The van der Waals surface area contributed by atoms with E-state index < -0.39 is 65.2 Å². The van der Waals surface area contributed by atoms with Gasteiger partial charge < -0.3 is 19.9 Å². The summed E-state index contributed by atoms with van der Waals surface area (Å²) in [5.74, 6) is -4.06. The molecule has 2 heterocycles. The molecule has 1 fully saturated rings. The van der Waals surface area contributed by atoms with Crippen molar-refractivity contribution in [2.45, 2.75) is 84.5 Å². The Morgan fingerprint density at radius 2 is 1.58 bits per heavy atom. The number of hydrogen-bond donors (Lipinski definition) is 2. The van der Waals surface area contributed by atoms with Gasteiger partial charge in [-0.3, -0.25) is 14.4 Å². The molecule has 1 saturated heterocycles. The fourth-order valence-corrected chi connectivity index (χ4v) is 6.73. The Kier molecular flexibility index (Phi) is 11.2. The summed E-state index contributed by atoms with van der Waals surface area (Å²) in [7, 11) is 1.88. The number of benzene rings is 2. The van der Waals surface area contributed by atoms with Crippen LogP contribution in [0, 0.1) is 38.3 Å². The molecule has 0 spiro atoms. The van der Waals surface area contributed by atoms with E-state index in [1.54, 1.807) is 33.8 Å². The van der Waals surface area contributed by atoms with Crippen molar-refractivity contribution in [3.8, 4) is 11.1 Å². The largest absolute Gasteiger partial charge is 0.481 e. The Labute approximate surface area is 276 Å². The van der Waals surface area contributed by atoms with Crippen LogP contribution in [0.1, 0.15) is 90.9 Å². The molecule has 1 amide bonds. The fraction of sp³-hybridized carbons (Fsp3) is 0.472. The van der Waals surface area contributed by atoms with Crippen LogP contribution in [0.15, 0.2) is 41.3 Å². The molecular weight excluding hydrogens is 633 g/mol. The lowest BCUT2D eigenvalue weighted by Crippen LogP contribution is -2.41. The normalized spacial score (nSPS) is 15.8. The molecule has 0 saturated carbocycles. The molecule has 1 aromatic heterocycles. The SMILES string of the molecule is Cc1cc(-c2c(C)cc(F)cc2C)cc(C(CC(=O)O)NC(=O)[C@@H](CC(C)C)n2cc(C3CCN(C)CC3)c(C(F)(F)F)cc2=O)c1F. The third-order valence-corrected chi connectivity index (χ3v) is 9.05. The van der Waals surface area contributed by atoms with Crippen molar-refractivity contribution in [1.29, 1.82) is 0 Å². The van der Waals surface area contributed by atoms with Crippen LogP contribution in [0.4, 0.5) is 22.0 Å². The van der Waals surface area contributed by atoms with Gasteiger partial charge in [0.05, 0.1) is 18.0 Å². The second kappa shape index (κ2) is 14.6. The number of piperidine rings is 1. The van der Waals surface area contributed by atoms with E-state index in [-0.39, 0.29) is 29.0 Å². The Morgan fingerprint density at radius 3 is 2.12 bits per heavy atom. The quantitative estimate of drug-likeness (QED) is 0.218. The summed E-state index contributed by atoms with van der Waals surface area (Å²) in [5.41, 5.74) is 0.158. The number of pyridine rings is 1. The van der Waals surface area contributed by atoms with E-state index in [2.05, 4.69) is 5.32 Å². The monoisotopic (exact) mass is 675 g/mol. The molecular formula is C36H42F5N3O4. The van der Waals surface area contributed by atoms with Gasteiger partial charge in [-0.05, 0) is 130 Å². The van der Waals surface area contributed by atoms with Crippen LogP contribution < -0.4 is 10.9 Å². The highest BCUT2D eigenvalue weighted by atomic mass is 19.4. The van der Waals surface area contributed by atoms with Crippen LogP contribution in [-0.2, 0) is 15.8 Å². The molecule has 12 heteroatoms. The van der Waals surface area contributed by atoms with Gasteiger partial charge in [0.2, 0.25) is 5.91 Å². The zero-order chi connectivity index (χ0) is 35.7. The van der Waals surface area contributed by atoms with E-state index in [9.17, 15) is 37.1 Å². The summed E-state index contributed by atoms with van der Waals surface area (Å²) in [4.78, 5) is 41.4. The second-order valence-electron chi connectivity index (χ2n) is 13.4. The van der Waals surface area contributed by atoms with Crippen molar-refractivity contribution in [2.24, 2.45) is 5.92 Å². The molecule has 0 bridgehead atoms. The van der Waals surface area contributed by atoms with Crippen molar-refractivity contribution in [2.75, 3.05) is 20.1 Å². The molecule has 3 aromatic rings. The Bertz CT molecular complexity index is 1720. The van der Waals surface area contributed by atoms with Crippen LogP contribution >= 0.6 is 0 Å². The van der Waals surface area contributed by atoms with Crippen LogP contribution in [0.25, 0.3) is 11.1 Å². The van der Waals surface area contributed by atoms with Gasteiger partial charge in [-0.1, -0.05) is 13.8 Å². The number of rotatable bonds is 10. The van der Waals surface area contributed by atoms with Gasteiger partial charge in [-0.15, -0.1) is 0 Å². The van der Waals surface area contributed by atoms with Crippen molar-refractivity contribution in [1.82, 2.24) is 14.8 Å². The third-order valence-electron chi connectivity index (χ3n) is 9.05. The highest BCUT2D eigenvalue weighted by Crippen LogP contribution is 2.39. The Morgan fingerprint density at radius 1 is 0.979 bits per heavy atom. The van der Waals surface area contributed by atoms with E-state index in [4.69, 9.17) is 0 Å². The minimum atomic E-state index is -4.79. The summed E-state index contributed by atoms with van der Waals surface area (Å²) in [6, 6.07) is 3.45. The number of carboxylic acids is 1. The van der Waals surface area contributed by atoms with Gasteiger partial charge in [0, 0.05) is 17.8 Å². The van der Waals surface area contributed by atoms with Crippen LogP contribution in [0.3, 0.4) is 0 Å². The van der Waals surface area contributed by atoms with Crippen molar-refractivity contribution in [3.63, 3.8) is 0 Å². The maximum atomic E-state index is 15.8. The molecule has 2 N–H and O–H groups in total. The number of hydrogen-bond acceptors (Lipinski definition) is 4. The second-order valence-corrected chi connectivity index (χ2v) is 13.4. The summed E-state index contributed by atoms with van der Waals surface area (Å²) < 4.78 is 73.4. The molecule has 1 unspecified atom stereocenters. The smallest absolute Gasteiger partial charge is 0.416 e. The van der Waals surface area contributed by atoms with Gasteiger partial charge in [0.25, 0.3) is 5.56 Å². The third kappa shape index (κ3) is 8.32. The van der Waals surface area contributed by atoms with Crippen LogP contribution in [-0.4, -0.2) is 46.6 Å². The number of nitrogens with zero attached hydrogens (tertiary/aromatic N) is 2. The average molecular weight is 676 g/mol. The van der Waals surface area contributed by atoms with Crippen molar-refractivity contribution >= 4 is 11.9 Å². The standard InChI is InChI=1S/C36H42F5N3O4/c1-19(2)11-30(44-18-27(23-7-9-43(6)10-8-23)28(16-31(44)45)36(39,40)41)35(48)42-29(17-32(46)47)26-15-24(12-22(5)34(26)38)33-20(3)13-25(37)14-21(33)4/h12-16,18-19,23,29-30H,7-11,17H2,1-6H3,(H,42,48)(H,46,47)/t29?,30-/m1/s1. The maximum Gasteiger partial charge on any atom is 0.416 e. The first-order chi connectivity index (χ1) is 22.4. The molecule has 48 heavy (non-hydrogen) atoms. The lowest BCUT2D eigenvalue weighted by Gasteiger charge is -2.32. The number of alkyl halides is 3. The lowest BCUT2D eigenvalue weighted by atomic mass is 9.87. The number of halogens is 5. The first kappa shape index (κ1) is 36.8. The molecule has 0 aliphatic carbocycles. The van der Waals surface area contributed by atoms with E-state index in [1.165, 1.54) is 25.1 Å². The first-order valence-electron chi connectivity index (χ1n) is 16.0. The van der Waals surface area contributed by atoms with Gasteiger partial charge in [0.15, 0.2) is 0 Å². The minimum Gasteiger partial charge on any atom is -0.481 e. The number of aliphatic carboxylic acids is 1. The maximum absolute atomic E-state index is 15.8. The van der Waals surface area contributed by atoms with Crippen molar-refractivity contribution < 1.29 is 36.6 Å². The fourth-order valence-electron chi connectivity index (χ4n) is 6.73. The number of carbonyl (C=O) groups excluding carboxylic acids is 1. The number of nitrogens with one attached hydrogen (secondary N) is 1. The molecule has 2 aromatic carbocycles. The number of aromatic nitrogens is 1. The van der Waals surface area contributed by atoms with E-state index >= 15 is 4.39 Å². The van der Waals surface area contributed by atoms with E-state index in [1.807, 2.05) is 11.9 Å². The topological polar surface area (TPSA) is 91.6 Å². The molecule has 4 rings (SSSR count). The number of amides is 1. The van der Waals surface area contributed by atoms with Gasteiger partial charge in [-0.25, -0.2) is 8.78 Å². The highest BCUT2D eigenvalue weighted by molar-refractivity contribution is 5.82. The summed E-state index contributed by atoms with van der Waals surface area (Å²) in [6.45, 7) is 9.56. The molecule has 1 aliphatic rings. The minimum absolute atomic E-state index is 0.0409.